The number of rotatable bonds is 3. The molecule has 0 fully saturated rings. The Kier molecular flexibility index (Phi) is 3.76. The van der Waals surface area contributed by atoms with E-state index in [1.54, 1.807) is 36.4 Å². The fourth-order valence-electron chi connectivity index (χ4n) is 1.73. The summed E-state index contributed by atoms with van der Waals surface area (Å²) >= 11 is 3.29. The average molecular weight is 321 g/mol. The molecule has 0 atom stereocenters. The second-order valence-electron chi connectivity index (χ2n) is 4.10. The number of carbonyl (C=O) groups excluding carboxylic acids is 1. The molecule has 4 N–H and O–H groups in total. The van der Waals surface area contributed by atoms with E-state index in [-0.39, 0.29) is 0 Å². The van der Waals surface area contributed by atoms with Gasteiger partial charge in [-0.05, 0) is 58.7 Å². The summed E-state index contributed by atoms with van der Waals surface area (Å²) in [6.45, 7) is 1.88. The van der Waals surface area contributed by atoms with E-state index in [4.69, 9.17) is 16.2 Å². The predicted octanol–water partition coefficient (Wildman–Crippen LogP) is 3.23. The summed E-state index contributed by atoms with van der Waals surface area (Å²) in [6, 6.07) is 10.5. The first kappa shape index (κ1) is 13.4. The second-order valence-corrected chi connectivity index (χ2v) is 4.96. The molecule has 0 saturated heterocycles. The SMILES string of the molecule is Cc1cc(N)ccc1Oc1cccc(Br)c1C(N)=O. The minimum Gasteiger partial charge on any atom is -0.456 e. The Hall–Kier alpha value is -2.01. The molecule has 0 aromatic heterocycles. The quantitative estimate of drug-likeness (QED) is 0.852. The van der Waals surface area contributed by atoms with Gasteiger partial charge in [-0.2, -0.15) is 0 Å². The van der Waals surface area contributed by atoms with Gasteiger partial charge >= 0.3 is 0 Å². The Balaban J connectivity index is 2.44. The van der Waals surface area contributed by atoms with Crippen molar-refractivity contribution in [2.24, 2.45) is 5.73 Å². The Morgan fingerprint density at radius 1 is 1.21 bits per heavy atom. The molecule has 0 saturated carbocycles. The van der Waals surface area contributed by atoms with Gasteiger partial charge in [0.15, 0.2) is 0 Å². The molecule has 0 heterocycles. The zero-order valence-corrected chi connectivity index (χ0v) is 11.9. The molecule has 0 radical (unpaired) electrons. The first-order valence-electron chi connectivity index (χ1n) is 5.61. The van der Waals surface area contributed by atoms with Crippen LogP contribution in [0.25, 0.3) is 0 Å². The van der Waals surface area contributed by atoms with Crippen molar-refractivity contribution in [1.82, 2.24) is 0 Å². The molecular weight excluding hydrogens is 308 g/mol. The summed E-state index contributed by atoms with van der Waals surface area (Å²) in [5.41, 5.74) is 12.9. The van der Waals surface area contributed by atoms with Crippen molar-refractivity contribution in [2.75, 3.05) is 5.73 Å². The first-order chi connectivity index (χ1) is 8.99. The number of primary amides is 1. The third-order valence-electron chi connectivity index (χ3n) is 2.64. The number of halogens is 1. The van der Waals surface area contributed by atoms with Crippen LogP contribution < -0.4 is 16.2 Å². The second kappa shape index (κ2) is 5.32. The van der Waals surface area contributed by atoms with E-state index in [2.05, 4.69) is 15.9 Å². The summed E-state index contributed by atoms with van der Waals surface area (Å²) in [4.78, 5) is 11.5. The number of ether oxygens (including phenoxy) is 1. The van der Waals surface area contributed by atoms with E-state index in [0.29, 0.717) is 27.2 Å². The molecule has 5 heteroatoms. The lowest BCUT2D eigenvalue weighted by Gasteiger charge is -2.12. The van der Waals surface area contributed by atoms with E-state index < -0.39 is 5.91 Å². The van der Waals surface area contributed by atoms with Gasteiger partial charge in [-0.25, -0.2) is 0 Å². The van der Waals surface area contributed by atoms with Gasteiger partial charge in [0.05, 0.1) is 5.56 Å². The van der Waals surface area contributed by atoms with E-state index in [9.17, 15) is 4.79 Å². The zero-order chi connectivity index (χ0) is 14.0. The number of hydrogen-bond donors (Lipinski definition) is 2. The van der Waals surface area contributed by atoms with Gasteiger partial charge in [-0.1, -0.05) is 6.07 Å². The van der Waals surface area contributed by atoms with E-state index in [0.717, 1.165) is 5.56 Å². The van der Waals surface area contributed by atoms with Crippen LogP contribution in [0.15, 0.2) is 40.9 Å². The molecule has 0 aliphatic heterocycles. The summed E-state index contributed by atoms with van der Waals surface area (Å²) in [5.74, 6) is 0.500. The van der Waals surface area contributed by atoms with Gasteiger partial charge in [0.2, 0.25) is 0 Å². The Morgan fingerprint density at radius 3 is 2.58 bits per heavy atom. The Morgan fingerprint density at radius 2 is 1.95 bits per heavy atom. The molecule has 0 spiro atoms. The van der Waals surface area contributed by atoms with Crippen molar-refractivity contribution < 1.29 is 9.53 Å². The molecule has 2 rings (SSSR count). The highest BCUT2D eigenvalue weighted by Gasteiger charge is 2.14. The van der Waals surface area contributed by atoms with Crippen LogP contribution >= 0.6 is 15.9 Å². The molecule has 4 nitrogen and oxygen atoms in total. The van der Waals surface area contributed by atoms with Gasteiger partial charge < -0.3 is 16.2 Å². The summed E-state index contributed by atoms with van der Waals surface area (Å²) in [7, 11) is 0. The van der Waals surface area contributed by atoms with Crippen molar-refractivity contribution in [3.63, 3.8) is 0 Å². The van der Waals surface area contributed by atoms with E-state index in [1.165, 1.54) is 0 Å². The molecule has 0 bridgehead atoms. The normalized spacial score (nSPS) is 10.2. The van der Waals surface area contributed by atoms with Crippen molar-refractivity contribution >= 4 is 27.5 Å². The Bertz CT molecular complexity index is 641. The van der Waals surface area contributed by atoms with Crippen molar-refractivity contribution in [2.45, 2.75) is 6.92 Å². The van der Waals surface area contributed by atoms with Gasteiger partial charge in [0, 0.05) is 10.2 Å². The minimum atomic E-state index is -0.546. The van der Waals surface area contributed by atoms with Crippen molar-refractivity contribution in [3.8, 4) is 11.5 Å². The largest absolute Gasteiger partial charge is 0.456 e. The molecule has 2 aromatic carbocycles. The number of aryl methyl sites for hydroxylation is 1. The number of carbonyl (C=O) groups is 1. The number of nitrogens with two attached hydrogens (primary N) is 2. The zero-order valence-electron chi connectivity index (χ0n) is 10.3. The van der Waals surface area contributed by atoms with Crippen molar-refractivity contribution in [3.05, 3.63) is 52.0 Å². The maximum Gasteiger partial charge on any atom is 0.253 e. The monoisotopic (exact) mass is 320 g/mol. The van der Waals surface area contributed by atoms with Crippen LogP contribution in [0.3, 0.4) is 0 Å². The van der Waals surface area contributed by atoms with Crippen LogP contribution in [-0.2, 0) is 0 Å². The van der Waals surface area contributed by atoms with E-state index >= 15 is 0 Å². The highest BCUT2D eigenvalue weighted by atomic mass is 79.9. The van der Waals surface area contributed by atoms with Gasteiger partial charge in [0.25, 0.3) is 5.91 Å². The average Bonchev–Trinajstić information content (AvgIpc) is 2.32. The highest BCUT2D eigenvalue weighted by Crippen LogP contribution is 2.32. The van der Waals surface area contributed by atoms with Crippen molar-refractivity contribution in [1.29, 1.82) is 0 Å². The lowest BCUT2D eigenvalue weighted by molar-refractivity contribution is 0.0997. The van der Waals surface area contributed by atoms with Crippen LogP contribution in [0, 0.1) is 6.92 Å². The fraction of sp³-hybridized carbons (Fsp3) is 0.0714. The molecule has 1 amide bonds. The third-order valence-corrected chi connectivity index (χ3v) is 3.30. The summed E-state index contributed by atoms with van der Waals surface area (Å²) < 4.78 is 6.35. The molecule has 0 unspecified atom stereocenters. The third kappa shape index (κ3) is 2.88. The van der Waals surface area contributed by atoms with Crippen LogP contribution in [0.2, 0.25) is 0 Å². The summed E-state index contributed by atoms with van der Waals surface area (Å²) in [6.07, 6.45) is 0. The minimum absolute atomic E-state index is 0.318. The van der Waals surface area contributed by atoms with Gasteiger partial charge in [0.1, 0.15) is 11.5 Å². The van der Waals surface area contributed by atoms with Crippen LogP contribution in [0.4, 0.5) is 5.69 Å². The number of amides is 1. The lowest BCUT2D eigenvalue weighted by atomic mass is 10.1. The number of hydrogen-bond acceptors (Lipinski definition) is 3. The molecule has 2 aromatic rings. The molecular formula is C14H13BrN2O2. The van der Waals surface area contributed by atoms with Gasteiger partial charge in [-0.15, -0.1) is 0 Å². The maximum atomic E-state index is 11.5. The number of benzene rings is 2. The molecule has 0 aliphatic carbocycles. The predicted molar refractivity (Wildman–Crippen MR) is 78.3 cm³/mol. The topological polar surface area (TPSA) is 78.3 Å². The highest BCUT2D eigenvalue weighted by molar-refractivity contribution is 9.10. The van der Waals surface area contributed by atoms with Crippen LogP contribution in [0.5, 0.6) is 11.5 Å². The summed E-state index contributed by atoms with van der Waals surface area (Å²) in [5, 5.41) is 0. The lowest BCUT2D eigenvalue weighted by Crippen LogP contribution is -2.13. The van der Waals surface area contributed by atoms with Crippen LogP contribution in [0.1, 0.15) is 15.9 Å². The molecule has 98 valence electrons. The number of nitrogen functional groups attached to an aromatic ring is 1. The van der Waals surface area contributed by atoms with Crippen LogP contribution in [-0.4, -0.2) is 5.91 Å². The van der Waals surface area contributed by atoms with Gasteiger partial charge in [-0.3, -0.25) is 4.79 Å². The molecule has 19 heavy (non-hydrogen) atoms. The smallest absolute Gasteiger partial charge is 0.253 e. The number of anilines is 1. The standard InChI is InChI=1S/C14H13BrN2O2/c1-8-7-9(16)5-6-11(8)19-12-4-2-3-10(15)13(12)14(17)18/h2-7H,16H2,1H3,(H2,17,18). The molecule has 0 aliphatic rings. The first-order valence-corrected chi connectivity index (χ1v) is 6.40. The van der Waals surface area contributed by atoms with E-state index in [1.807, 2.05) is 6.92 Å². The maximum absolute atomic E-state index is 11.5. The Labute approximate surface area is 119 Å². The fourth-order valence-corrected chi connectivity index (χ4v) is 2.28.